The van der Waals surface area contributed by atoms with E-state index in [-0.39, 0.29) is 17.9 Å². The summed E-state index contributed by atoms with van der Waals surface area (Å²) < 4.78 is 11.3. The van der Waals surface area contributed by atoms with E-state index in [4.69, 9.17) is 9.47 Å². The minimum atomic E-state index is -0.126. The van der Waals surface area contributed by atoms with E-state index in [1.807, 2.05) is 31.2 Å². The minimum Gasteiger partial charge on any atom is -0.487 e. The van der Waals surface area contributed by atoms with Crippen LogP contribution in [0.1, 0.15) is 48.4 Å². The van der Waals surface area contributed by atoms with Crippen molar-refractivity contribution >= 4 is 28.9 Å². The van der Waals surface area contributed by atoms with Crippen LogP contribution in [-0.2, 0) is 32.1 Å². The molecular weight excluding hydrogens is 404 g/mol. The van der Waals surface area contributed by atoms with Crippen LogP contribution in [0.4, 0.5) is 5.69 Å². The van der Waals surface area contributed by atoms with Crippen LogP contribution < -0.4 is 5.32 Å². The molecule has 0 aliphatic carbocycles. The van der Waals surface area contributed by atoms with E-state index in [1.165, 1.54) is 5.56 Å². The molecule has 1 unspecified atom stereocenters. The first-order valence-corrected chi connectivity index (χ1v) is 11.5. The van der Waals surface area contributed by atoms with Crippen molar-refractivity contribution in [3.63, 3.8) is 0 Å². The second kappa shape index (κ2) is 8.79. The van der Waals surface area contributed by atoms with Crippen LogP contribution in [0, 0.1) is 0 Å². The molecule has 0 aromatic heterocycles. The highest BCUT2D eigenvalue weighted by atomic mass is 16.5. The minimum absolute atomic E-state index is 0.0964. The summed E-state index contributed by atoms with van der Waals surface area (Å²) in [4.78, 5) is 27.2. The Morgan fingerprint density at radius 2 is 2.06 bits per heavy atom. The van der Waals surface area contributed by atoms with E-state index in [0.717, 1.165) is 61.2 Å². The number of piperidine rings is 1. The topological polar surface area (TPSA) is 67.9 Å². The molecule has 2 aromatic carbocycles. The number of hydrogen-bond acceptors (Lipinski definition) is 5. The summed E-state index contributed by atoms with van der Waals surface area (Å²) in [7, 11) is 0. The number of nitrogens with zero attached hydrogens (tertiary/aromatic N) is 1. The maximum absolute atomic E-state index is 12.6. The molecular formula is C26H28N2O4. The molecule has 3 aliphatic heterocycles. The first kappa shape index (κ1) is 20.8. The molecule has 0 spiro atoms. The third-order valence-electron chi connectivity index (χ3n) is 6.55. The number of hydrogen-bond donors (Lipinski definition) is 1. The van der Waals surface area contributed by atoms with Gasteiger partial charge in [0, 0.05) is 28.9 Å². The molecule has 1 amide bonds. The smallest absolute Gasteiger partial charge is 0.323 e. The van der Waals surface area contributed by atoms with Crippen LogP contribution in [0.25, 0.3) is 11.3 Å². The lowest BCUT2D eigenvalue weighted by atomic mass is 9.97. The van der Waals surface area contributed by atoms with Crippen molar-refractivity contribution in [2.24, 2.45) is 0 Å². The Morgan fingerprint density at radius 3 is 2.94 bits per heavy atom. The van der Waals surface area contributed by atoms with Gasteiger partial charge >= 0.3 is 5.97 Å². The van der Waals surface area contributed by atoms with Gasteiger partial charge in [-0.15, -0.1) is 0 Å². The van der Waals surface area contributed by atoms with E-state index in [1.54, 1.807) is 0 Å². The van der Waals surface area contributed by atoms with Gasteiger partial charge in [-0.1, -0.05) is 42.8 Å². The van der Waals surface area contributed by atoms with E-state index in [9.17, 15) is 9.59 Å². The third kappa shape index (κ3) is 3.79. The normalized spacial score (nSPS) is 22.2. The molecule has 1 fully saturated rings. The summed E-state index contributed by atoms with van der Waals surface area (Å²) in [6, 6.07) is 13.9. The SMILES string of the molecule is CCOC(=O)C1CCCCN1CCc1ccc2c(c1)CO/C2=C1/C(=O)Nc2ccccc21. The predicted octanol–water partition coefficient (Wildman–Crippen LogP) is 4.00. The number of rotatable bonds is 5. The van der Waals surface area contributed by atoms with Gasteiger partial charge in [0.1, 0.15) is 18.4 Å². The standard InChI is InChI=1S/C26H28N2O4/c1-2-31-26(30)22-9-5-6-13-28(22)14-12-17-10-11-19-18(15-17)16-32-24(19)23-20-7-3-4-8-21(20)27-25(23)29/h3-4,7-8,10-11,15,22H,2,5-6,9,12-14,16H2,1H3,(H,27,29)/b24-23+. The van der Waals surface area contributed by atoms with Crippen LogP contribution in [0.3, 0.4) is 0 Å². The zero-order valence-corrected chi connectivity index (χ0v) is 18.4. The fourth-order valence-electron chi connectivity index (χ4n) is 4.96. The van der Waals surface area contributed by atoms with Gasteiger partial charge in [-0.05, 0) is 44.4 Å². The molecule has 3 aliphatic rings. The molecule has 5 rings (SSSR count). The van der Waals surface area contributed by atoms with Gasteiger partial charge in [0.25, 0.3) is 5.91 Å². The Balaban J connectivity index is 1.34. The highest BCUT2D eigenvalue weighted by Gasteiger charge is 2.33. The van der Waals surface area contributed by atoms with Gasteiger partial charge in [0.2, 0.25) is 0 Å². The van der Waals surface area contributed by atoms with E-state index in [0.29, 0.717) is 24.5 Å². The summed E-state index contributed by atoms with van der Waals surface area (Å²) in [5.41, 5.74) is 5.62. The number of carbonyl (C=O) groups excluding carboxylic acids is 2. The van der Waals surface area contributed by atoms with Gasteiger partial charge < -0.3 is 14.8 Å². The third-order valence-corrected chi connectivity index (χ3v) is 6.55. The largest absolute Gasteiger partial charge is 0.487 e. The van der Waals surface area contributed by atoms with Gasteiger partial charge in [0.05, 0.1) is 12.2 Å². The van der Waals surface area contributed by atoms with Crippen molar-refractivity contribution < 1.29 is 19.1 Å². The van der Waals surface area contributed by atoms with Crippen LogP contribution in [-0.4, -0.2) is 42.5 Å². The van der Waals surface area contributed by atoms with Crippen LogP contribution in [0.15, 0.2) is 42.5 Å². The number of amides is 1. The molecule has 0 radical (unpaired) electrons. The first-order chi connectivity index (χ1) is 15.7. The number of para-hydroxylation sites is 1. The number of ether oxygens (including phenoxy) is 2. The fourth-order valence-corrected chi connectivity index (χ4v) is 4.96. The van der Waals surface area contributed by atoms with Gasteiger partial charge in [-0.2, -0.15) is 0 Å². The van der Waals surface area contributed by atoms with Crippen molar-refractivity contribution in [3.05, 3.63) is 64.7 Å². The van der Waals surface area contributed by atoms with Gasteiger partial charge in [0.15, 0.2) is 0 Å². The lowest BCUT2D eigenvalue weighted by molar-refractivity contribution is -0.150. The Bertz CT molecular complexity index is 1090. The zero-order valence-electron chi connectivity index (χ0n) is 18.4. The fraction of sp³-hybridized carbons (Fsp3) is 0.385. The monoisotopic (exact) mass is 432 g/mol. The van der Waals surface area contributed by atoms with Crippen molar-refractivity contribution in [1.29, 1.82) is 0 Å². The van der Waals surface area contributed by atoms with Crippen LogP contribution in [0.5, 0.6) is 0 Å². The van der Waals surface area contributed by atoms with Crippen molar-refractivity contribution in [1.82, 2.24) is 4.90 Å². The summed E-state index contributed by atoms with van der Waals surface area (Å²) in [6.07, 6.45) is 3.93. The first-order valence-electron chi connectivity index (χ1n) is 11.5. The number of anilines is 1. The molecule has 6 heteroatoms. The summed E-state index contributed by atoms with van der Waals surface area (Å²) >= 11 is 0. The maximum Gasteiger partial charge on any atom is 0.323 e. The molecule has 0 saturated carbocycles. The molecule has 1 saturated heterocycles. The average molecular weight is 433 g/mol. The van der Waals surface area contributed by atoms with Crippen LogP contribution in [0.2, 0.25) is 0 Å². The number of nitrogens with one attached hydrogen (secondary N) is 1. The van der Waals surface area contributed by atoms with Crippen molar-refractivity contribution in [2.75, 3.05) is 25.0 Å². The molecule has 1 atom stereocenters. The highest BCUT2D eigenvalue weighted by Crippen LogP contribution is 2.41. The Hall–Kier alpha value is -3.12. The number of likely N-dealkylation sites (tertiary alicyclic amines) is 1. The molecule has 166 valence electrons. The van der Waals surface area contributed by atoms with E-state index >= 15 is 0 Å². The predicted molar refractivity (Wildman–Crippen MR) is 123 cm³/mol. The van der Waals surface area contributed by atoms with Crippen molar-refractivity contribution in [3.8, 4) is 0 Å². The number of benzene rings is 2. The molecule has 1 N–H and O–H groups in total. The lowest BCUT2D eigenvalue weighted by Gasteiger charge is -2.33. The number of esters is 1. The highest BCUT2D eigenvalue weighted by molar-refractivity contribution is 6.36. The molecule has 32 heavy (non-hydrogen) atoms. The maximum atomic E-state index is 12.6. The zero-order chi connectivity index (χ0) is 22.1. The Morgan fingerprint density at radius 1 is 1.19 bits per heavy atom. The quantitative estimate of drug-likeness (QED) is 0.571. The Labute approximate surface area is 188 Å². The van der Waals surface area contributed by atoms with E-state index in [2.05, 4.69) is 28.4 Å². The lowest BCUT2D eigenvalue weighted by Crippen LogP contribution is -2.46. The van der Waals surface area contributed by atoms with Gasteiger partial charge in [-0.3, -0.25) is 14.5 Å². The van der Waals surface area contributed by atoms with Crippen LogP contribution >= 0.6 is 0 Å². The second-order valence-corrected chi connectivity index (χ2v) is 8.53. The molecule has 3 heterocycles. The summed E-state index contributed by atoms with van der Waals surface area (Å²) in [5, 5.41) is 2.93. The number of fused-ring (bicyclic) bond motifs is 2. The molecule has 0 bridgehead atoms. The average Bonchev–Trinajstić information content (AvgIpc) is 3.37. The Kier molecular flexibility index (Phi) is 5.70. The second-order valence-electron chi connectivity index (χ2n) is 8.53. The van der Waals surface area contributed by atoms with E-state index < -0.39 is 0 Å². The number of carbonyl (C=O) groups is 2. The molecule has 6 nitrogen and oxygen atoms in total. The van der Waals surface area contributed by atoms with Crippen molar-refractivity contribution in [2.45, 2.75) is 45.3 Å². The summed E-state index contributed by atoms with van der Waals surface area (Å²) in [6.45, 7) is 4.51. The van der Waals surface area contributed by atoms with Gasteiger partial charge in [-0.25, -0.2) is 0 Å². The summed E-state index contributed by atoms with van der Waals surface area (Å²) in [5.74, 6) is 0.446. The molecule has 2 aromatic rings.